The number of benzene rings is 1. The van der Waals surface area contributed by atoms with E-state index in [4.69, 9.17) is 5.73 Å². The molecular formula is C20H28N4O. The molecule has 1 aromatic heterocycles. The van der Waals surface area contributed by atoms with E-state index in [0.717, 1.165) is 48.4 Å². The molecule has 0 saturated carbocycles. The van der Waals surface area contributed by atoms with E-state index in [2.05, 4.69) is 5.10 Å². The van der Waals surface area contributed by atoms with Crippen LogP contribution in [0.2, 0.25) is 0 Å². The van der Waals surface area contributed by atoms with Gasteiger partial charge in [-0.25, -0.2) is 4.68 Å². The Morgan fingerprint density at radius 1 is 1.28 bits per heavy atom. The molecule has 2 unspecified atom stereocenters. The highest BCUT2D eigenvalue weighted by molar-refractivity contribution is 5.80. The molecule has 134 valence electrons. The van der Waals surface area contributed by atoms with Crippen LogP contribution in [0.1, 0.15) is 43.1 Å². The topological polar surface area (TPSA) is 64.2 Å². The quantitative estimate of drug-likeness (QED) is 0.931. The Morgan fingerprint density at radius 2 is 2.00 bits per heavy atom. The Labute approximate surface area is 149 Å². The van der Waals surface area contributed by atoms with Gasteiger partial charge in [0.25, 0.3) is 0 Å². The molecule has 1 aliphatic heterocycles. The van der Waals surface area contributed by atoms with E-state index in [1.807, 2.05) is 60.7 Å². The summed E-state index contributed by atoms with van der Waals surface area (Å²) in [5.74, 6) is 0.167. The standard InChI is InChI=1S/C20H28N4O/c1-14(21)19-11-7-8-12-23(19)20(25)13-18-15(2)22-24(16(18)3)17-9-5-4-6-10-17/h4-6,9-10,14,19H,7-8,11-13,21H2,1-3H3. The van der Waals surface area contributed by atoms with Gasteiger partial charge in [-0.2, -0.15) is 5.10 Å². The number of piperidine rings is 1. The van der Waals surface area contributed by atoms with E-state index in [1.54, 1.807) is 0 Å². The summed E-state index contributed by atoms with van der Waals surface area (Å²) in [5.41, 5.74) is 10.1. The third-order valence-electron chi connectivity index (χ3n) is 5.25. The zero-order valence-electron chi connectivity index (χ0n) is 15.4. The van der Waals surface area contributed by atoms with Gasteiger partial charge in [-0.05, 0) is 52.2 Å². The van der Waals surface area contributed by atoms with Crippen LogP contribution >= 0.6 is 0 Å². The van der Waals surface area contributed by atoms with E-state index in [1.165, 1.54) is 0 Å². The molecule has 2 aromatic rings. The first-order chi connectivity index (χ1) is 12.0. The van der Waals surface area contributed by atoms with Gasteiger partial charge in [0.1, 0.15) is 0 Å². The van der Waals surface area contributed by atoms with Gasteiger partial charge in [0.15, 0.2) is 0 Å². The molecule has 1 fully saturated rings. The first-order valence-corrected chi connectivity index (χ1v) is 9.14. The second kappa shape index (κ2) is 7.40. The van der Waals surface area contributed by atoms with Crippen LogP contribution in [0.3, 0.4) is 0 Å². The first-order valence-electron chi connectivity index (χ1n) is 9.14. The molecule has 1 aliphatic rings. The second-order valence-corrected chi connectivity index (χ2v) is 7.08. The lowest BCUT2D eigenvalue weighted by atomic mass is 9.96. The zero-order valence-corrected chi connectivity index (χ0v) is 15.4. The minimum Gasteiger partial charge on any atom is -0.338 e. The van der Waals surface area contributed by atoms with Gasteiger partial charge in [0.05, 0.1) is 17.8 Å². The monoisotopic (exact) mass is 340 g/mol. The van der Waals surface area contributed by atoms with Crippen molar-refractivity contribution in [3.05, 3.63) is 47.3 Å². The second-order valence-electron chi connectivity index (χ2n) is 7.08. The fourth-order valence-electron chi connectivity index (χ4n) is 3.82. The lowest BCUT2D eigenvalue weighted by Gasteiger charge is -2.38. The molecule has 2 N–H and O–H groups in total. The van der Waals surface area contributed by atoms with Crippen molar-refractivity contribution in [2.24, 2.45) is 5.73 Å². The van der Waals surface area contributed by atoms with Gasteiger partial charge in [-0.15, -0.1) is 0 Å². The van der Waals surface area contributed by atoms with Gasteiger partial charge in [0, 0.05) is 29.9 Å². The highest BCUT2D eigenvalue weighted by atomic mass is 16.2. The number of rotatable bonds is 4. The van der Waals surface area contributed by atoms with Crippen molar-refractivity contribution in [1.29, 1.82) is 0 Å². The van der Waals surface area contributed by atoms with Gasteiger partial charge in [-0.1, -0.05) is 18.2 Å². The maximum absolute atomic E-state index is 13.0. The predicted octanol–water partition coefficient (Wildman–Crippen LogP) is 2.76. The number of carbonyl (C=O) groups is 1. The number of hydrogen-bond donors (Lipinski definition) is 1. The van der Waals surface area contributed by atoms with Crippen molar-refractivity contribution in [3.8, 4) is 5.69 Å². The van der Waals surface area contributed by atoms with Crippen molar-refractivity contribution < 1.29 is 4.79 Å². The predicted molar refractivity (Wildman–Crippen MR) is 99.7 cm³/mol. The van der Waals surface area contributed by atoms with Gasteiger partial charge in [-0.3, -0.25) is 4.79 Å². The summed E-state index contributed by atoms with van der Waals surface area (Å²) in [5, 5.41) is 4.65. The minimum absolute atomic E-state index is 0.0125. The van der Waals surface area contributed by atoms with Crippen molar-refractivity contribution in [3.63, 3.8) is 0 Å². The number of aryl methyl sites for hydroxylation is 1. The molecule has 0 bridgehead atoms. The Morgan fingerprint density at radius 3 is 2.68 bits per heavy atom. The van der Waals surface area contributed by atoms with Crippen LogP contribution in [0.5, 0.6) is 0 Å². The van der Waals surface area contributed by atoms with Crippen LogP contribution in [0.4, 0.5) is 0 Å². The third-order valence-corrected chi connectivity index (χ3v) is 5.25. The molecule has 0 radical (unpaired) electrons. The highest BCUT2D eigenvalue weighted by Gasteiger charge is 2.30. The summed E-state index contributed by atoms with van der Waals surface area (Å²) in [6.45, 7) is 6.83. The van der Waals surface area contributed by atoms with E-state index in [-0.39, 0.29) is 18.0 Å². The molecule has 25 heavy (non-hydrogen) atoms. The average molecular weight is 340 g/mol. The SMILES string of the molecule is Cc1nn(-c2ccccc2)c(C)c1CC(=O)N1CCCCC1C(C)N. The fraction of sp³-hybridized carbons (Fsp3) is 0.500. The fourth-order valence-corrected chi connectivity index (χ4v) is 3.82. The number of nitrogens with two attached hydrogens (primary N) is 1. The van der Waals surface area contributed by atoms with Crippen LogP contribution in [0, 0.1) is 13.8 Å². The van der Waals surface area contributed by atoms with Crippen LogP contribution in [-0.4, -0.2) is 39.2 Å². The summed E-state index contributed by atoms with van der Waals surface area (Å²) in [7, 11) is 0. The van der Waals surface area contributed by atoms with Crippen LogP contribution in [0.25, 0.3) is 5.69 Å². The Bertz CT molecular complexity index is 736. The summed E-state index contributed by atoms with van der Waals surface area (Å²) in [6.07, 6.45) is 3.62. The highest BCUT2D eigenvalue weighted by Crippen LogP contribution is 2.23. The molecular weight excluding hydrogens is 312 g/mol. The molecule has 1 amide bonds. The van der Waals surface area contributed by atoms with E-state index >= 15 is 0 Å². The molecule has 1 aromatic carbocycles. The summed E-state index contributed by atoms with van der Waals surface area (Å²) in [4.78, 5) is 15.0. The largest absolute Gasteiger partial charge is 0.338 e. The number of likely N-dealkylation sites (tertiary alicyclic amines) is 1. The van der Waals surface area contributed by atoms with Gasteiger partial charge >= 0.3 is 0 Å². The van der Waals surface area contributed by atoms with Gasteiger partial charge < -0.3 is 10.6 Å². The molecule has 5 heteroatoms. The maximum atomic E-state index is 13.0. The Kier molecular flexibility index (Phi) is 5.23. The van der Waals surface area contributed by atoms with Crippen molar-refractivity contribution >= 4 is 5.91 Å². The summed E-state index contributed by atoms with van der Waals surface area (Å²) < 4.78 is 1.93. The normalized spacial score (nSPS) is 19.0. The van der Waals surface area contributed by atoms with Crippen molar-refractivity contribution in [1.82, 2.24) is 14.7 Å². The van der Waals surface area contributed by atoms with Crippen molar-refractivity contribution in [2.75, 3.05) is 6.54 Å². The molecule has 1 saturated heterocycles. The molecule has 5 nitrogen and oxygen atoms in total. The van der Waals surface area contributed by atoms with E-state index in [9.17, 15) is 4.79 Å². The van der Waals surface area contributed by atoms with E-state index < -0.39 is 0 Å². The summed E-state index contributed by atoms with van der Waals surface area (Å²) >= 11 is 0. The molecule has 2 heterocycles. The smallest absolute Gasteiger partial charge is 0.227 e. The number of hydrogen-bond acceptors (Lipinski definition) is 3. The lowest BCUT2D eigenvalue weighted by molar-refractivity contribution is -0.134. The third kappa shape index (κ3) is 3.61. The molecule has 2 atom stereocenters. The maximum Gasteiger partial charge on any atom is 0.227 e. The van der Waals surface area contributed by atoms with Crippen molar-refractivity contribution in [2.45, 2.75) is 58.5 Å². The molecule has 3 rings (SSSR count). The van der Waals surface area contributed by atoms with E-state index in [0.29, 0.717) is 6.42 Å². The summed E-state index contributed by atoms with van der Waals surface area (Å²) in [6, 6.07) is 10.2. The molecule has 0 spiro atoms. The number of aromatic nitrogens is 2. The zero-order chi connectivity index (χ0) is 18.0. The lowest BCUT2D eigenvalue weighted by Crippen LogP contribution is -2.52. The minimum atomic E-state index is 0.0125. The number of amides is 1. The van der Waals surface area contributed by atoms with Crippen LogP contribution < -0.4 is 5.73 Å². The van der Waals surface area contributed by atoms with Crippen LogP contribution in [-0.2, 0) is 11.2 Å². The van der Waals surface area contributed by atoms with Gasteiger partial charge in [0.2, 0.25) is 5.91 Å². The van der Waals surface area contributed by atoms with Crippen LogP contribution in [0.15, 0.2) is 30.3 Å². The Hall–Kier alpha value is -2.14. The number of nitrogens with zero attached hydrogens (tertiary/aromatic N) is 3. The number of para-hydroxylation sites is 1. The first kappa shape index (κ1) is 17.7. The molecule has 0 aliphatic carbocycles. The average Bonchev–Trinajstić information content (AvgIpc) is 2.90. The number of carbonyl (C=O) groups excluding carboxylic acids is 1. The Balaban J connectivity index is 1.83.